The molecule has 0 aliphatic heterocycles. The average molecular weight is 589 g/mol. The lowest BCUT2D eigenvalue weighted by molar-refractivity contribution is -0.138. The van der Waals surface area contributed by atoms with E-state index in [1.165, 1.54) is 64.2 Å². The van der Waals surface area contributed by atoms with Crippen molar-refractivity contribution in [3.8, 4) is 23.7 Å². The van der Waals surface area contributed by atoms with Crippen molar-refractivity contribution in [1.29, 1.82) is 0 Å². The molecule has 0 radical (unpaired) electrons. The maximum absolute atomic E-state index is 10.5. The second kappa shape index (κ2) is 33.5. The van der Waals surface area contributed by atoms with Crippen LogP contribution in [0.5, 0.6) is 0 Å². The third kappa shape index (κ3) is 36.0. The van der Waals surface area contributed by atoms with Crippen molar-refractivity contribution in [3.05, 3.63) is 0 Å². The summed E-state index contributed by atoms with van der Waals surface area (Å²) in [6.45, 7) is 0. The predicted molar refractivity (Wildman–Crippen MR) is 175 cm³/mol. The van der Waals surface area contributed by atoms with E-state index in [1.54, 1.807) is 0 Å². The molecule has 0 bridgehead atoms. The summed E-state index contributed by atoms with van der Waals surface area (Å²) in [5, 5.41) is 27.5. The van der Waals surface area contributed by atoms with Crippen molar-refractivity contribution in [1.82, 2.24) is 0 Å². The molecule has 5 nitrogen and oxygen atoms in total. The maximum Gasteiger partial charge on any atom is 0.303 e. The van der Waals surface area contributed by atoms with E-state index in [9.17, 15) is 14.7 Å². The predicted octanol–water partition coefficient (Wildman–Crippen LogP) is 10.2. The largest absolute Gasteiger partial charge is 0.481 e. The van der Waals surface area contributed by atoms with Gasteiger partial charge in [0.15, 0.2) is 0 Å². The van der Waals surface area contributed by atoms with Gasteiger partial charge in [0.25, 0.3) is 0 Å². The van der Waals surface area contributed by atoms with E-state index in [0.717, 1.165) is 116 Å². The molecular weight excluding hydrogens is 524 g/mol. The molecule has 0 fully saturated rings. The summed E-state index contributed by atoms with van der Waals surface area (Å²) in [4.78, 5) is 20.9. The van der Waals surface area contributed by atoms with Gasteiger partial charge in [0.05, 0.1) is 6.10 Å². The molecule has 5 heteroatoms. The normalized spacial score (nSPS) is 10.7. The average Bonchev–Trinajstić information content (AvgIpc) is 2.96. The monoisotopic (exact) mass is 588 g/mol. The number of aliphatic carboxylic acids is 2. The lowest BCUT2D eigenvalue weighted by Gasteiger charge is -2.10. The van der Waals surface area contributed by atoms with E-state index in [-0.39, 0.29) is 6.10 Å². The van der Waals surface area contributed by atoms with Crippen LogP contribution in [0.2, 0.25) is 0 Å². The van der Waals surface area contributed by atoms with E-state index >= 15 is 0 Å². The fourth-order valence-corrected chi connectivity index (χ4v) is 5.14. The number of carbonyl (C=O) groups is 2. The van der Waals surface area contributed by atoms with E-state index in [0.29, 0.717) is 12.8 Å². The summed E-state index contributed by atoms with van der Waals surface area (Å²) in [5.41, 5.74) is 0. The van der Waals surface area contributed by atoms with Crippen LogP contribution in [-0.2, 0) is 9.59 Å². The molecule has 242 valence electrons. The van der Waals surface area contributed by atoms with Gasteiger partial charge in [0.1, 0.15) is 0 Å². The van der Waals surface area contributed by atoms with E-state index in [1.807, 2.05) is 0 Å². The highest BCUT2D eigenvalue weighted by atomic mass is 16.4. The molecule has 0 spiro atoms. The molecule has 0 rings (SSSR count). The van der Waals surface area contributed by atoms with Crippen LogP contribution in [0.15, 0.2) is 0 Å². The number of rotatable bonds is 30. The highest BCUT2D eigenvalue weighted by molar-refractivity contribution is 5.66. The molecule has 0 unspecified atom stereocenters. The minimum absolute atomic E-state index is 0.120. The van der Waals surface area contributed by atoms with Crippen molar-refractivity contribution >= 4 is 11.9 Å². The Morgan fingerprint density at radius 1 is 0.381 bits per heavy atom. The van der Waals surface area contributed by atoms with Gasteiger partial charge >= 0.3 is 11.9 Å². The van der Waals surface area contributed by atoms with Crippen molar-refractivity contribution < 1.29 is 24.9 Å². The number of aliphatic hydroxyl groups is 1. The molecule has 0 saturated heterocycles. The van der Waals surface area contributed by atoms with Crippen LogP contribution in [0.1, 0.15) is 193 Å². The molecule has 0 aromatic carbocycles. The second-order valence-electron chi connectivity index (χ2n) is 12.0. The summed E-state index contributed by atoms with van der Waals surface area (Å²) in [6, 6.07) is 0. The number of hydrogen-bond acceptors (Lipinski definition) is 3. The molecule has 0 saturated carbocycles. The number of hydrogen-bond donors (Lipinski definition) is 3. The number of carboxylic acid groups (broad SMARTS) is 2. The van der Waals surface area contributed by atoms with Gasteiger partial charge < -0.3 is 15.3 Å². The Morgan fingerprint density at radius 3 is 0.905 bits per heavy atom. The highest BCUT2D eigenvalue weighted by Crippen LogP contribution is 2.15. The van der Waals surface area contributed by atoms with Crippen LogP contribution in [0.4, 0.5) is 0 Å². The smallest absolute Gasteiger partial charge is 0.303 e. The number of unbranched alkanes of at least 4 members (excludes halogenated alkanes) is 22. The minimum Gasteiger partial charge on any atom is -0.481 e. The molecule has 0 heterocycles. The van der Waals surface area contributed by atoms with Crippen LogP contribution >= 0.6 is 0 Å². The first-order chi connectivity index (χ1) is 20.5. The second-order valence-corrected chi connectivity index (χ2v) is 12.0. The molecule has 3 N–H and O–H groups in total. The van der Waals surface area contributed by atoms with Gasteiger partial charge in [0.2, 0.25) is 0 Å². The van der Waals surface area contributed by atoms with Gasteiger partial charge in [-0.05, 0) is 51.4 Å². The fourth-order valence-electron chi connectivity index (χ4n) is 5.14. The van der Waals surface area contributed by atoms with Gasteiger partial charge in [-0.3, -0.25) is 9.59 Å². The molecule has 0 amide bonds. The molecular formula is C37H64O5. The SMILES string of the molecule is O=C(O)CCCCCCCC#CCCCCCCCCC(O)CCCCCCCCC#CCCCCCCCC(=O)O. The third-order valence-electron chi connectivity index (χ3n) is 7.81. The third-order valence-corrected chi connectivity index (χ3v) is 7.81. The molecule has 0 aliphatic rings. The zero-order chi connectivity index (χ0) is 30.8. The number of carboxylic acids is 2. The maximum atomic E-state index is 10.5. The van der Waals surface area contributed by atoms with E-state index in [4.69, 9.17) is 10.2 Å². The van der Waals surface area contributed by atoms with E-state index in [2.05, 4.69) is 23.7 Å². The number of aliphatic hydroxyl groups excluding tert-OH is 1. The van der Waals surface area contributed by atoms with Gasteiger partial charge in [-0.1, -0.05) is 103 Å². The Bertz CT molecular complexity index is 677. The quantitative estimate of drug-likeness (QED) is 0.0573. The van der Waals surface area contributed by atoms with E-state index < -0.39 is 11.9 Å². The highest BCUT2D eigenvalue weighted by Gasteiger charge is 2.04. The molecule has 42 heavy (non-hydrogen) atoms. The van der Waals surface area contributed by atoms with Crippen LogP contribution in [-0.4, -0.2) is 33.4 Å². The van der Waals surface area contributed by atoms with Gasteiger partial charge in [-0.25, -0.2) is 0 Å². The summed E-state index contributed by atoms with van der Waals surface area (Å²) in [7, 11) is 0. The Balaban J connectivity index is 3.28. The van der Waals surface area contributed by atoms with Gasteiger partial charge in [-0.2, -0.15) is 0 Å². The minimum atomic E-state index is -0.689. The van der Waals surface area contributed by atoms with Crippen LogP contribution in [0, 0.1) is 23.7 Å². The fraction of sp³-hybridized carbons (Fsp3) is 0.838. The van der Waals surface area contributed by atoms with Gasteiger partial charge in [-0.15, -0.1) is 23.7 Å². The molecule has 0 atom stereocenters. The van der Waals surface area contributed by atoms with Crippen LogP contribution in [0.25, 0.3) is 0 Å². The Morgan fingerprint density at radius 2 is 0.619 bits per heavy atom. The molecule has 0 aromatic rings. The molecule has 0 aliphatic carbocycles. The Labute approximate surface area is 259 Å². The summed E-state index contributed by atoms with van der Waals surface area (Å²) < 4.78 is 0. The van der Waals surface area contributed by atoms with Crippen molar-refractivity contribution in [2.24, 2.45) is 0 Å². The topological polar surface area (TPSA) is 94.8 Å². The zero-order valence-electron chi connectivity index (χ0n) is 26.9. The summed E-state index contributed by atoms with van der Waals surface area (Å²) >= 11 is 0. The van der Waals surface area contributed by atoms with Crippen molar-refractivity contribution in [2.75, 3.05) is 0 Å². The first-order valence-electron chi connectivity index (χ1n) is 17.6. The van der Waals surface area contributed by atoms with Crippen molar-refractivity contribution in [3.63, 3.8) is 0 Å². The zero-order valence-corrected chi connectivity index (χ0v) is 26.9. The summed E-state index contributed by atoms with van der Waals surface area (Å²) in [6.07, 6.45) is 31.5. The standard InChI is InChI=1S/C37H64O5/c38-35(31-27-23-19-15-11-7-3-1-5-9-13-17-21-25-29-33-36(39)40)32-28-24-20-16-12-8-4-2-6-10-14-18-22-26-30-34-37(41)42/h35,38H,3-4,7-34H2,(H,39,40)(H,41,42). The van der Waals surface area contributed by atoms with Crippen LogP contribution < -0.4 is 0 Å². The summed E-state index contributed by atoms with van der Waals surface area (Å²) in [5.74, 6) is 11.8. The Kier molecular flexibility index (Phi) is 31.9. The van der Waals surface area contributed by atoms with Gasteiger partial charge in [0, 0.05) is 38.5 Å². The first-order valence-corrected chi connectivity index (χ1v) is 17.6. The van der Waals surface area contributed by atoms with Crippen LogP contribution in [0.3, 0.4) is 0 Å². The van der Waals surface area contributed by atoms with Crippen molar-refractivity contribution in [2.45, 2.75) is 199 Å². The Hall–Kier alpha value is -1.98. The lowest BCUT2D eigenvalue weighted by Crippen LogP contribution is -2.05. The molecule has 0 aromatic heterocycles. The first kappa shape index (κ1) is 40.0. The lowest BCUT2D eigenvalue weighted by atomic mass is 10.0.